The number of aromatic nitrogens is 2. The minimum Gasteiger partial charge on any atom is -0.494 e. The van der Waals surface area contributed by atoms with E-state index in [0.717, 1.165) is 10.1 Å². The number of nitrogens with zero attached hydrogens (tertiary/aromatic N) is 2. The normalized spacial score (nSPS) is 10.6. The first kappa shape index (κ1) is 21.3. The number of carbonyl (C=O) groups excluding carboxylic acids is 1. The summed E-state index contributed by atoms with van der Waals surface area (Å²) in [4.78, 5) is 36.4. The number of halogens is 1. The summed E-state index contributed by atoms with van der Waals surface area (Å²) in [5, 5.41) is 22.1. The van der Waals surface area contributed by atoms with Gasteiger partial charge in [0.2, 0.25) is 5.88 Å². The molecule has 3 N–H and O–H groups in total. The number of rotatable bonds is 6. The number of carbonyl (C=O) groups is 2. The summed E-state index contributed by atoms with van der Waals surface area (Å²) in [5.74, 6) is -2.97. The average Bonchev–Trinajstić information content (AvgIpc) is 2.72. The van der Waals surface area contributed by atoms with Crippen molar-refractivity contribution in [2.45, 2.75) is 6.54 Å². The van der Waals surface area contributed by atoms with Gasteiger partial charge in [0.05, 0.1) is 12.2 Å². The van der Waals surface area contributed by atoms with E-state index < -0.39 is 35.4 Å². The van der Waals surface area contributed by atoms with Crippen LogP contribution in [0.25, 0.3) is 5.69 Å². The zero-order valence-electron chi connectivity index (χ0n) is 15.4. The van der Waals surface area contributed by atoms with Crippen molar-refractivity contribution >= 4 is 35.7 Å². The molecule has 30 heavy (non-hydrogen) atoms. The third-order valence-electron chi connectivity index (χ3n) is 4.21. The van der Waals surface area contributed by atoms with E-state index in [1.807, 2.05) is 6.07 Å². The highest BCUT2D eigenvalue weighted by atomic mass is 35.5. The minimum atomic E-state index is -1.29. The maximum absolute atomic E-state index is 13.1. The molecule has 8 nitrogen and oxygen atoms in total. The number of carboxylic acids is 1. The molecule has 0 radical (unpaired) electrons. The Kier molecular flexibility index (Phi) is 6.34. The van der Waals surface area contributed by atoms with Gasteiger partial charge in [-0.05, 0) is 42.0 Å². The lowest BCUT2D eigenvalue weighted by Crippen LogP contribution is -2.37. The van der Waals surface area contributed by atoms with E-state index in [2.05, 4.69) is 5.32 Å². The van der Waals surface area contributed by atoms with Crippen molar-refractivity contribution in [1.82, 2.24) is 14.5 Å². The number of nitrogens with one attached hydrogen (secondary N) is 1. The van der Waals surface area contributed by atoms with E-state index >= 15 is 0 Å². The number of hydrogen-bond acceptors (Lipinski definition) is 5. The molecule has 10 heteroatoms. The SMILES string of the molecule is O=C(O)CNC(=O)c1c(O)n(Cc2ccccc2)c(=S)n(-c2ccc(Cl)cc2)c1=O. The van der Waals surface area contributed by atoms with E-state index in [9.17, 15) is 19.5 Å². The van der Waals surface area contributed by atoms with Gasteiger partial charge >= 0.3 is 5.97 Å². The van der Waals surface area contributed by atoms with Crippen LogP contribution < -0.4 is 10.9 Å². The lowest BCUT2D eigenvalue weighted by atomic mass is 10.2. The van der Waals surface area contributed by atoms with Crippen molar-refractivity contribution in [2.75, 3.05) is 6.54 Å². The number of benzene rings is 2. The molecule has 0 unspecified atom stereocenters. The zero-order valence-corrected chi connectivity index (χ0v) is 17.0. The first-order valence-corrected chi connectivity index (χ1v) is 9.47. The molecule has 0 saturated carbocycles. The van der Waals surface area contributed by atoms with Gasteiger partial charge in [-0.15, -0.1) is 0 Å². The molecule has 3 aromatic rings. The number of aromatic hydroxyl groups is 1. The zero-order chi connectivity index (χ0) is 21.8. The van der Waals surface area contributed by atoms with Crippen LogP contribution in [0.3, 0.4) is 0 Å². The van der Waals surface area contributed by atoms with Crippen LogP contribution >= 0.6 is 23.8 Å². The molecule has 2 aromatic carbocycles. The molecule has 3 rings (SSSR count). The molecule has 0 bridgehead atoms. The fraction of sp³-hybridized carbons (Fsp3) is 0.100. The molecule has 0 aliphatic rings. The summed E-state index contributed by atoms with van der Waals surface area (Å²) < 4.78 is 2.28. The van der Waals surface area contributed by atoms with Crippen LogP contribution in [0.4, 0.5) is 0 Å². The first-order chi connectivity index (χ1) is 14.3. The summed E-state index contributed by atoms with van der Waals surface area (Å²) in [5.41, 5.74) is -0.395. The van der Waals surface area contributed by atoms with Crippen LogP contribution in [0, 0.1) is 4.77 Å². The summed E-state index contributed by atoms with van der Waals surface area (Å²) in [6, 6.07) is 15.2. The molecule has 1 heterocycles. The molecular formula is C20H16ClN3O5S. The van der Waals surface area contributed by atoms with Crippen molar-refractivity contribution < 1.29 is 19.8 Å². The van der Waals surface area contributed by atoms with Gasteiger partial charge in [-0.3, -0.25) is 23.5 Å². The van der Waals surface area contributed by atoms with Crippen LogP contribution in [0.1, 0.15) is 15.9 Å². The highest BCUT2D eigenvalue weighted by Crippen LogP contribution is 2.20. The second kappa shape index (κ2) is 8.93. The van der Waals surface area contributed by atoms with Crippen LogP contribution in [0.15, 0.2) is 59.4 Å². The van der Waals surface area contributed by atoms with E-state index in [1.54, 1.807) is 48.5 Å². The molecule has 0 aliphatic carbocycles. The van der Waals surface area contributed by atoms with Crippen molar-refractivity contribution in [3.63, 3.8) is 0 Å². The Morgan fingerprint density at radius 3 is 2.30 bits per heavy atom. The fourth-order valence-electron chi connectivity index (χ4n) is 2.81. The quantitative estimate of drug-likeness (QED) is 0.502. The van der Waals surface area contributed by atoms with Crippen LogP contribution in [0.2, 0.25) is 5.02 Å². The smallest absolute Gasteiger partial charge is 0.322 e. The topological polar surface area (TPSA) is 114 Å². The van der Waals surface area contributed by atoms with Gasteiger partial charge in [0.15, 0.2) is 10.3 Å². The Bertz CT molecular complexity index is 1220. The maximum Gasteiger partial charge on any atom is 0.322 e. The van der Waals surface area contributed by atoms with E-state index in [0.29, 0.717) is 10.7 Å². The molecule has 1 amide bonds. The van der Waals surface area contributed by atoms with Gasteiger partial charge < -0.3 is 15.5 Å². The second-order valence-corrected chi connectivity index (χ2v) is 7.05. The Balaban J connectivity index is 2.24. The van der Waals surface area contributed by atoms with E-state index in [1.165, 1.54) is 4.57 Å². The van der Waals surface area contributed by atoms with Gasteiger partial charge in [0, 0.05) is 5.02 Å². The monoisotopic (exact) mass is 445 g/mol. The molecule has 0 fully saturated rings. The van der Waals surface area contributed by atoms with Gasteiger partial charge in [-0.25, -0.2) is 0 Å². The molecule has 0 saturated heterocycles. The van der Waals surface area contributed by atoms with Gasteiger partial charge in [0.1, 0.15) is 6.54 Å². The fourth-order valence-corrected chi connectivity index (χ4v) is 3.28. The highest BCUT2D eigenvalue weighted by molar-refractivity contribution is 7.71. The summed E-state index contributed by atoms with van der Waals surface area (Å²) in [6.45, 7) is -0.633. The maximum atomic E-state index is 13.1. The number of carboxylic acid groups (broad SMARTS) is 1. The van der Waals surface area contributed by atoms with Gasteiger partial charge in [-0.2, -0.15) is 0 Å². The molecule has 154 valence electrons. The summed E-state index contributed by atoms with van der Waals surface area (Å²) in [6.07, 6.45) is 0. The number of hydrogen-bond donors (Lipinski definition) is 3. The second-order valence-electron chi connectivity index (χ2n) is 6.25. The van der Waals surface area contributed by atoms with Crippen LogP contribution in [0.5, 0.6) is 5.88 Å². The van der Waals surface area contributed by atoms with Gasteiger partial charge in [0.25, 0.3) is 11.5 Å². The molecule has 0 spiro atoms. The third-order valence-corrected chi connectivity index (χ3v) is 4.87. The van der Waals surface area contributed by atoms with Crippen molar-refractivity contribution in [2.24, 2.45) is 0 Å². The van der Waals surface area contributed by atoms with Crippen LogP contribution in [-0.4, -0.2) is 37.8 Å². The molecule has 1 aromatic heterocycles. The predicted molar refractivity (Wildman–Crippen MR) is 113 cm³/mol. The van der Waals surface area contributed by atoms with E-state index in [4.69, 9.17) is 28.9 Å². The Labute approximate surface area is 180 Å². The minimum absolute atomic E-state index is 0.0431. The van der Waals surface area contributed by atoms with E-state index in [-0.39, 0.29) is 11.3 Å². The first-order valence-electron chi connectivity index (χ1n) is 8.68. The number of amides is 1. The highest BCUT2D eigenvalue weighted by Gasteiger charge is 2.24. The largest absolute Gasteiger partial charge is 0.494 e. The molecular weight excluding hydrogens is 430 g/mol. The van der Waals surface area contributed by atoms with Crippen molar-refractivity contribution in [1.29, 1.82) is 0 Å². The Hall–Kier alpha value is -3.43. The van der Waals surface area contributed by atoms with Crippen molar-refractivity contribution in [3.05, 3.63) is 85.9 Å². The summed E-state index contributed by atoms with van der Waals surface area (Å²) >= 11 is 11.4. The molecule has 0 aliphatic heterocycles. The predicted octanol–water partition coefficient (Wildman–Crippen LogP) is 2.59. The molecule has 0 atom stereocenters. The standard InChI is InChI=1S/C20H16ClN3O5S/c21-13-6-8-14(9-7-13)24-19(29)16(17(27)22-10-15(25)26)18(28)23(20(24)30)11-12-4-2-1-3-5-12/h1-9,28H,10-11H2,(H,22,27)(H,25,26). The van der Waals surface area contributed by atoms with Crippen LogP contribution in [-0.2, 0) is 11.3 Å². The third kappa shape index (κ3) is 4.42. The van der Waals surface area contributed by atoms with Crippen molar-refractivity contribution in [3.8, 4) is 11.6 Å². The lowest BCUT2D eigenvalue weighted by Gasteiger charge is -2.17. The summed E-state index contributed by atoms with van der Waals surface area (Å²) in [7, 11) is 0. The number of aliphatic carboxylic acids is 1. The Morgan fingerprint density at radius 1 is 1.07 bits per heavy atom. The Morgan fingerprint density at radius 2 is 1.70 bits per heavy atom. The van der Waals surface area contributed by atoms with Gasteiger partial charge in [-0.1, -0.05) is 41.9 Å². The average molecular weight is 446 g/mol. The lowest BCUT2D eigenvalue weighted by molar-refractivity contribution is -0.135.